The molecule has 1 aliphatic rings. The molecule has 0 aromatic heterocycles. The minimum Gasteiger partial charge on any atom is -0.310 e. The van der Waals surface area contributed by atoms with Crippen LogP contribution in [0.3, 0.4) is 0 Å². The molecule has 0 saturated carbocycles. The van der Waals surface area contributed by atoms with E-state index in [9.17, 15) is 0 Å². The summed E-state index contributed by atoms with van der Waals surface area (Å²) in [5.74, 6) is 0. The van der Waals surface area contributed by atoms with E-state index in [1.807, 2.05) is 0 Å². The summed E-state index contributed by atoms with van der Waals surface area (Å²) in [4.78, 5) is 0. The van der Waals surface area contributed by atoms with E-state index in [1.165, 1.54) is 19.3 Å². The zero-order valence-electron chi connectivity index (χ0n) is 6.98. The van der Waals surface area contributed by atoms with Gasteiger partial charge < -0.3 is 5.32 Å². The maximum atomic E-state index is 3.45. The van der Waals surface area contributed by atoms with Crippen molar-refractivity contribution in [3.63, 3.8) is 0 Å². The highest BCUT2D eigenvalue weighted by atomic mass is 14.9. The van der Waals surface area contributed by atoms with E-state index in [4.69, 9.17) is 0 Å². The molecule has 1 heterocycles. The van der Waals surface area contributed by atoms with Crippen molar-refractivity contribution in [3.05, 3.63) is 11.6 Å². The summed E-state index contributed by atoms with van der Waals surface area (Å²) in [6, 6.07) is 0.695. The third-order valence-electron chi connectivity index (χ3n) is 2.01. The maximum absolute atomic E-state index is 3.45. The van der Waals surface area contributed by atoms with E-state index in [0.717, 1.165) is 6.54 Å². The Morgan fingerprint density at radius 2 is 2.50 bits per heavy atom. The lowest BCUT2D eigenvalue weighted by Crippen LogP contribution is -2.30. The van der Waals surface area contributed by atoms with Gasteiger partial charge in [-0.2, -0.15) is 0 Å². The Hall–Kier alpha value is -0.300. The highest BCUT2D eigenvalue weighted by Crippen LogP contribution is 2.10. The van der Waals surface area contributed by atoms with Crippen molar-refractivity contribution >= 4 is 0 Å². The average Bonchev–Trinajstić information content (AvgIpc) is 1.95. The molecule has 1 aliphatic heterocycles. The Bertz CT molecular complexity index is 127. The summed E-state index contributed by atoms with van der Waals surface area (Å²) in [5, 5.41) is 3.45. The van der Waals surface area contributed by atoms with Gasteiger partial charge in [-0.15, -0.1) is 0 Å². The number of nitrogens with one attached hydrogen (secondary N) is 1. The normalized spacial score (nSPS) is 26.2. The topological polar surface area (TPSA) is 12.0 Å². The van der Waals surface area contributed by atoms with Crippen LogP contribution in [0, 0.1) is 0 Å². The summed E-state index contributed by atoms with van der Waals surface area (Å²) in [5.41, 5.74) is 1.60. The quantitative estimate of drug-likeness (QED) is 0.578. The Morgan fingerprint density at radius 3 is 3.00 bits per heavy atom. The van der Waals surface area contributed by atoms with Crippen LogP contribution in [0.5, 0.6) is 0 Å². The fourth-order valence-corrected chi connectivity index (χ4v) is 1.32. The van der Waals surface area contributed by atoms with E-state index in [2.05, 4.69) is 25.2 Å². The van der Waals surface area contributed by atoms with Gasteiger partial charge in [0.25, 0.3) is 0 Å². The first-order valence-corrected chi connectivity index (χ1v) is 4.24. The third kappa shape index (κ3) is 2.14. The lowest BCUT2D eigenvalue weighted by Gasteiger charge is -2.19. The largest absolute Gasteiger partial charge is 0.310 e. The van der Waals surface area contributed by atoms with Gasteiger partial charge in [0.2, 0.25) is 0 Å². The van der Waals surface area contributed by atoms with Crippen LogP contribution in [0.2, 0.25) is 0 Å². The van der Waals surface area contributed by atoms with E-state index in [1.54, 1.807) is 5.57 Å². The molecule has 10 heavy (non-hydrogen) atoms. The monoisotopic (exact) mass is 139 g/mol. The van der Waals surface area contributed by atoms with Gasteiger partial charge in [0, 0.05) is 12.6 Å². The standard InChI is InChI=1S/C9H17N/c1-3-4-9-6-5-8(2)10-7-9/h6,8,10H,3-5,7H2,1-2H3. The van der Waals surface area contributed by atoms with Gasteiger partial charge >= 0.3 is 0 Å². The lowest BCUT2D eigenvalue weighted by atomic mass is 10.0. The fourth-order valence-electron chi connectivity index (χ4n) is 1.32. The Balaban J connectivity index is 2.33. The van der Waals surface area contributed by atoms with E-state index in [0.29, 0.717) is 6.04 Å². The summed E-state index contributed by atoms with van der Waals surface area (Å²) < 4.78 is 0. The van der Waals surface area contributed by atoms with Gasteiger partial charge in [-0.25, -0.2) is 0 Å². The summed E-state index contributed by atoms with van der Waals surface area (Å²) in [6.07, 6.45) is 6.17. The van der Waals surface area contributed by atoms with Gasteiger partial charge in [-0.05, 0) is 19.8 Å². The second kappa shape index (κ2) is 3.77. The van der Waals surface area contributed by atoms with Crippen molar-refractivity contribution in [3.8, 4) is 0 Å². The van der Waals surface area contributed by atoms with Crippen LogP contribution in [0.25, 0.3) is 0 Å². The second-order valence-corrected chi connectivity index (χ2v) is 3.13. The molecule has 0 radical (unpaired) electrons. The molecule has 1 nitrogen and oxygen atoms in total. The van der Waals surface area contributed by atoms with Crippen LogP contribution in [0.15, 0.2) is 11.6 Å². The molecule has 1 heteroatoms. The highest BCUT2D eigenvalue weighted by molar-refractivity contribution is 5.08. The number of rotatable bonds is 2. The Kier molecular flexibility index (Phi) is 2.94. The lowest BCUT2D eigenvalue weighted by molar-refractivity contribution is 0.545. The van der Waals surface area contributed by atoms with Crippen LogP contribution in [-0.4, -0.2) is 12.6 Å². The van der Waals surface area contributed by atoms with Crippen LogP contribution >= 0.6 is 0 Å². The molecule has 0 saturated heterocycles. The van der Waals surface area contributed by atoms with Crippen LogP contribution in [0.1, 0.15) is 33.1 Å². The molecule has 0 amide bonds. The zero-order chi connectivity index (χ0) is 7.40. The molecular formula is C9H17N. The van der Waals surface area contributed by atoms with Crippen molar-refractivity contribution in [1.29, 1.82) is 0 Å². The van der Waals surface area contributed by atoms with Crippen LogP contribution in [-0.2, 0) is 0 Å². The van der Waals surface area contributed by atoms with E-state index in [-0.39, 0.29) is 0 Å². The van der Waals surface area contributed by atoms with Crippen molar-refractivity contribution in [2.24, 2.45) is 0 Å². The second-order valence-electron chi connectivity index (χ2n) is 3.13. The van der Waals surface area contributed by atoms with Crippen LogP contribution in [0.4, 0.5) is 0 Å². The summed E-state index contributed by atoms with van der Waals surface area (Å²) >= 11 is 0. The van der Waals surface area contributed by atoms with Crippen molar-refractivity contribution in [1.82, 2.24) is 5.32 Å². The Labute approximate surface area is 63.5 Å². The summed E-state index contributed by atoms with van der Waals surface area (Å²) in [6.45, 7) is 5.59. The molecule has 1 N–H and O–H groups in total. The predicted octanol–water partition coefficient (Wildman–Crippen LogP) is 2.09. The minimum atomic E-state index is 0.695. The van der Waals surface area contributed by atoms with Crippen LogP contribution < -0.4 is 5.32 Å². The molecule has 1 unspecified atom stereocenters. The number of hydrogen-bond donors (Lipinski definition) is 1. The molecule has 0 bridgehead atoms. The van der Waals surface area contributed by atoms with Gasteiger partial charge in [0.15, 0.2) is 0 Å². The maximum Gasteiger partial charge on any atom is 0.0167 e. The van der Waals surface area contributed by atoms with Crippen molar-refractivity contribution in [2.45, 2.75) is 39.2 Å². The minimum absolute atomic E-state index is 0.695. The van der Waals surface area contributed by atoms with Crippen molar-refractivity contribution in [2.75, 3.05) is 6.54 Å². The van der Waals surface area contributed by atoms with Gasteiger partial charge in [-0.1, -0.05) is 25.0 Å². The predicted molar refractivity (Wildman–Crippen MR) is 45.1 cm³/mol. The molecule has 0 aliphatic carbocycles. The molecule has 58 valence electrons. The summed E-state index contributed by atoms with van der Waals surface area (Å²) in [7, 11) is 0. The molecule has 1 atom stereocenters. The molecular weight excluding hydrogens is 122 g/mol. The zero-order valence-corrected chi connectivity index (χ0v) is 6.98. The first-order valence-electron chi connectivity index (χ1n) is 4.24. The van der Waals surface area contributed by atoms with E-state index >= 15 is 0 Å². The first-order chi connectivity index (χ1) is 4.83. The first kappa shape index (κ1) is 7.80. The van der Waals surface area contributed by atoms with Crippen molar-refractivity contribution < 1.29 is 0 Å². The third-order valence-corrected chi connectivity index (χ3v) is 2.01. The fraction of sp³-hybridized carbons (Fsp3) is 0.778. The number of hydrogen-bond acceptors (Lipinski definition) is 1. The highest BCUT2D eigenvalue weighted by Gasteiger charge is 2.06. The molecule has 1 rings (SSSR count). The van der Waals surface area contributed by atoms with Gasteiger partial charge in [0.1, 0.15) is 0 Å². The molecule has 0 aromatic rings. The van der Waals surface area contributed by atoms with Gasteiger partial charge in [-0.3, -0.25) is 0 Å². The SMILES string of the molecule is CCCC1=CCC(C)NC1. The Morgan fingerprint density at radius 1 is 1.70 bits per heavy atom. The smallest absolute Gasteiger partial charge is 0.0167 e. The van der Waals surface area contributed by atoms with E-state index < -0.39 is 0 Å². The van der Waals surface area contributed by atoms with Gasteiger partial charge in [0.05, 0.1) is 0 Å². The average molecular weight is 139 g/mol. The molecule has 0 aromatic carbocycles. The molecule has 0 fully saturated rings. The molecule has 0 spiro atoms.